The number of benzene rings is 2. The first-order valence-electron chi connectivity index (χ1n) is 9.20. The quantitative estimate of drug-likeness (QED) is 0.490. The molecule has 1 fully saturated rings. The van der Waals surface area contributed by atoms with E-state index in [1.807, 2.05) is 36.4 Å². The summed E-state index contributed by atoms with van der Waals surface area (Å²) in [6, 6.07) is 18.6. The zero-order valence-electron chi connectivity index (χ0n) is 15.9. The lowest BCUT2D eigenvalue weighted by Crippen LogP contribution is -2.20. The van der Waals surface area contributed by atoms with Crippen LogP contribution >= 0.6 is 15.9 Å². The van der Waals surface area contributed by atoms with Gasteiger partial charge in [0.25, 0.3) is 0 Å². The monoisotopic (exact) mass is 424 g/mol. The molecule has 4 heteroatoms. The molecular weight excluding hydrogens is 400 g/mol. The molecule has 1 N–H and O–H groups in total. The van der Waals surface area contributed by atoms with E-state index in [4.69, 9.17) is 0 Å². The average Bonchev–Trinajstić information content (AvgIpc) is 3.43. The number of hydrogen-bond donors (Lipinski definition) is 1. The van der Waals surface area contributed by atoms with Gasteiger partial charge in [0.05, 0.1) is 6.21 Å². The van der Waals surface area contributed by atoms with Gasteiger partial charge in [0.1, 0.15) is 0 Å². The fraction of sp³-hybridized carbons (Fsp3) is 0.304. The van der Waals surface area contributed by atoms with Gasteiger partial charge in [-0.1, -0.05) is 75.4 Å². The van der Waals surface area contributed by atoms with E-state index in [0.717, 1.165) is 16.5 Å². The van der Waals surface area contributed by atoms with Crippen LogP contribution in [0, 0.1) is 5.92 Å². The van der Waals surface area contributed by atoms with E-state index in [1.54, 1.807) is 6.21 Å². The zero-order valence-corrected chi connectivity index (χ0v) is 17.5. The van der Waals surface area contributed by atoms with Crippen molar-refractivity contribution in [2.24, 2.45) is 11.0 Å². The summed E-state index contributed by atoms with van der Waals surface area (Å²) in [6.07, 6.45) is 4.45. The van der Waals surface area contributed by atoms with E-state index in [1.165, 1.54) is 11.1 Å². The van der Waals surface area contributed by atoms with Crippen molar-refractivity contribution >= 4 is 34.1 Å². The third kappa shape index (κ3) is 5.39. The van der Waals surface area contributed by atoms with Gasteiger partial charge in [-0.2, -0.15) is 5.10 Å². The van der Waals surface area contributed by atoms with E-state index < -0.39 is 0 Å². The molecule has 0 bridgehead atoms. The fourth-order valence-corrected chi connectivity index (χ4v) is 3.44. The molecule has 0 unspecified atom stereocenters. The number of hydrogen-bond acceptors (Lipinski definition) is 2. The zero-order chi connectivity index (χ0) is 19.4. The maximum atomic E-state index is 12.3. The highest BCUT2D eigenvalue weighted by Crippen LogP contribution is 2.47. The van der Waals surface area contributed by atoms with Crippen LogP contribution < -0.4 is 5.43 Å². The van der Waals surface area contributed by atoms with Gasteiger partial charge in [-0.3, -0.25) is 4.79 Å². The maximum Gasteiger partial charge on any atom is 0.243 e. The molecule has 2 atom stereocenters. The molecule has 0 spiro atoms. The lowest BCUT2D eigenvalue weighted by molar-refractivity contribution is -0.122. The van der Waals surface area contributed by atoms with Crippen LogP contribution in [0.4, 0.5) is 0 Å². The number of nitrogens with one attached hydrogen (secondary N) is 1. The molecule has 3 nitrogen and oxygen atoms in total. The Balaban J connectivity index is 1.52. The van der Waals surface area contributed by atoms with Crippen molar-refractivity contribution < 1.29 is 4.79 Å². The minimum absolute atomic E-state index is 0.0134. The molecule has 1 saturated carbocycles. The Bertz CT molecular complexity index is 848. The number of allylic oxidation sites excluding steroid dienone is 1. The highest BCUT2D eigenvalue weighted by Gasteiger charge is 2.43. The summed E-state index contributed by atoms with van der Waals surface area (Å²) in [5.74, 6) is 0.299. The molecule has 2 aromatic carbocycles. The largest absolute Gasteiger partial charge is 0.273 e. The smallest absolute Gasteiger partial charge is 0.243 e. The van der Waals surface area contributed by atoms with Crippen molar-refractivity contribution in [3.63, 3.8) is 0 Å². The van der Waals surface area contributed by atoms with Gasteiger partial charge in [0.2, 0.25) is 5.91 Å². The second-order valence-electron chi connectivity index (χ2n) is 7.99. The van der Waals surface area contributed by atoms with E-state index in [0.29, 0.717) is 5.92 Å². The van der Waals surface area contributed by atoms with Crippen LogP contribution in [0.2, 0.25) is 0 Å². The Morgan fingerprint density at radius 1 is 1.11 bits per heavy atom. The average molecular weight is 425 g/mol. The Hall–Kier alpha value is -2.20. The van der Waals surface area contributed by atoms with Crippen LogP contribution in [-0.2, 0) is 10.2 Å². The molecule has 0 radical (unpaired) electrons. The highest BCUT2D eigenvalue weighted by atomic mass is 79.9. The fourth-order valence-electron chi connectivity index (χ4n) is 3.07. The van der Waals surface area contributed by atoms with Gasteiger partial charge in [0, 0.05) is 10.4 Å². The highest BCUT2D eigenvalue weighted by molar-refractivity contribution is 9.12. The first-order chi connectivity index (χ1) is 12.8. The molecule has 3 rings (SSSR count). The molecule has 2 aromatic rings. The van der Waals surface area contributed by atoms with Gasteiger partial charge in [-0.15, -0.1) is 0 Å². The summed E-state index contributed by atoms with van der Waals surface area (Å²) in [5.41, 5.74) is 6.42. The summed E-state index contributed by atoms with van der Waals surface area (Å²) >= 11 is 3.45. The maximum absolute atomic E-state index is 12.3. The minimum atomic E-state index is -0.0174. The Kier molecular flexibility index (Phi) is 5.95. The topological polar surface area (TPSA) is 41.5 Å². The van der Waals surface area contributed by atoms with E-state index >= 15 is 0 Å². The van der Waals surface area contributed by atoms with Crippen molar-refractivity contribution in [1.29, 1.82) is 0 Å². The standard InChI is InChI=1S/C23H25BrN2O/c1-23(2,3)18-11-9-17(10-12-18)20-14-21(20)22(27)26-25-15-19(24)13-16-7-5-4-6-8-16/h4-13,15,20-21H,14H2,1-3H3,(H,26,27)/b19-13-,25-15+/t20-,21-/m1/s1. The summed E-state index contributed by atoms with van der Waals surface area (Å²) in [5, 5.41) is 4.06. The number of hydrazone groups is 1. The van der Waals surface area contributed by atoms with E-state index in [2.05, 4.69) is 71.5 Å². The molecule has 0 heterocycles. The molecule has 0 aromatic heterocycles. The first kappa shape index (κ1) is 19.6. The summed E-state index contributed by atoms with van der Waals surface area (Å²) in [7, 11) is 0. The Labute approximate surface area is 169 Å². The van der Waals surface area contributed by atoms with Crippen LogP contribution in [0.15, 0.2) is 64.2 Å². The number of carbonyl (C=O) groups is 1. The SMILES string of the molecule is CC(C)(C)c1ccc([C@H]2C[C@H]2C(=O)N/N=C/C(Br)=C/c2ccccc2)cc1. The summed E-state index contributed by atoms with van der Waals surface area (Å²) < 4.78 is 0.805. The lowest BCUT2D eigenvalue weighted by Gasteiger charge is -2.19. The molecule has 0 saturated heterocycles. The second kappa shape index (κ2) is 8.22. The van der Waals surface area contributed by atoms with Crippen molar-refractivity contribution in [3.8, 4) is 0 Å². The number of rotatable bonds is 5. The number of halogens is 1. The van der Waals surface area contributed by atoms with Crippen molar-refractivity contribution in [1.82, 2.24) is 5.43 Å². The third-order valence-electron chi connectivity index (χ3n) is 4.80. The van der Waals surface area contributed by atoms with Crippen molar-refractivity contribution in [2.45, 2.75) is 38.5 Å². The van der Waals surface area contributed by atoms with Gasteiger partial charge >= 0.3 is 0 Å². The van der Waals surface area contributed by atoms with E-state index in [9.17, 15) is 4.79 Å². The number of carbonyl (C=O) groups excluding carboxylic acids is 1. The van der Waals surface area contributed by atoms with Gasteiger partial charge in [-0.25, -0.2) is 5.43 Å². The second-order valence-corrected chi connectivity index (χ2v) is 8.91. The molecule has 0 aliphatic heterocycles. The van der Waals surface area contributed by atoms with Crippen molar-refractivity contribution in [3.05, 3.63) is 75.8 Å². The summed E-state index contributed by atoms with van der Waals surface area (Å²) in [6.45, 7) is 6.62. The first-order valence-corrected chi connectivity index (χ1v) is 9.99. The lowest BCUT2D eigenvalue weighted by atomic mass is 9.86. The normalized spacial score (nSPS) is 19.9. The van der Waals surface area contributed by atoms with Crippen LogP contribution in [0.5, 0.6) is 0 Å². The molecule has 140 valence electrons. The van der Waals surface area contributed by atoms with Crippen LogP contribution in [0.3, 0.4) is 0 Å². The molecule has 27 heavy (non-hydrogen) atoms. The molecule has 1 aliphatic rings. The molecular formula is C23H25BrN2O. The predicted octanol–water partition coefficient (Wildman–Crippen LogP) is 5.63. The Morgan fingerprint density at radius 3 is 2.41 bits per heavy atom. The minimum Gasteiger partial charge on any atom is -0.273 e. The summed E-state index contributed by atoms with van der Waals surface area (Å²) in [4.78, 5) is 12.3. The molecule has 1 amide bonds. The van der Waals surface area contributed by atoms with Crippen LogP contribution in [0.1, 0.15) is 49.8 Å². The number of amides is 1. The number of nitrogens with zero attached hydrogens (tertiary/aromatic N) is 1. The van der Waals surface area contributed by atoms with Gasteiger partial charge in [0.15, 0.2) is 0 Å². The van der Waals surface area contributed by atoms with Crippen LogP contribution in [-0.4, -0.2) is 12.1 Å². The third-order valence-corrected chi connectivity index (χ3v) is 5.23. The van der Waals surface area contributed by atoms with E-state index in [-0.39, 0.29) is 17.2 Å². The van der Waals surface area contributed by atoms with Crippen LogP contribution in [0.25, 0.3) is 6.08 Å². The van der Waals surface area contributed by atoms with Gasteiger partial charge < -0.3 is 0 Å². The predicted molar refractivity (Wildman–Crippen MR) is 116 cm³/mol. The Morgan fingerprint density at radius 2 is 1.78 bits per heavy atom. The molecule has 1 aliphatic carbocycles. The van der Waals surface area contributed by atoms with Gasteiger partial charge in [-0.05, 0) is 56.5 Å². The van der Waals surface area contributed by atoms with Crippen molar-refractivity contribution in [2.75, 3.05) is 0 Å².